The first-order chi connectivity index (χ1) is 21.2. The van der Waals surface area contributed by atoms with Gasteiger partial charge < -0.3 is 127 Å². The Morgan fingerprint density at radius 3 is 1.18 bits per heavy atom. The molecule has 0 aromatic heterocycles. The molecule has 4 fully saturated rings. The topological polar surface area (TPSA) is 474 Å². The predicted molar refractivity (Wildman–Crippen MR) is 148 cm³/mol. The van der Waals surface area contributed by atoms with Crippen LogP contribution in [0, 0.1) is 0 Å². The van der Waals surface area contributed by atoms with E-state index in [2.05, 4.69) is 0 Å². The Morgan fingerprint density at radius 1 is 0.429 bits per heavy atom. The fourth-order valence-electron chi connectivity index (χ4n) is 5.39. The number of hydrogen-bond donors (Lipinski definition) is 14. The first-order valence-electron chi connectivity index (χ1n) is 14.1. The van der Waals surface area contributed by atoms with Gasteiger partial charge in [0.2, 0.25) is 5.79 Å². The number of rotatable bonds is 11. The Bertz CT molecular complexity index is 935. The van der Waals surface area contributed by atoms with Gasteiger partial charge in [0, 0.05) is 0 Å². The minimum atomic E-state index is -2.43. The smallest absolute Gasteiger partial charge is 0.224 e. The summed E-state index contributed by atoms with van der Waals surface area (Å²) in [6, 6.07) is 0. The minimum absolute atomic E-state index is 0. The lowest BCUT2D eigenvalue weighted by atomic mass is 9.98. The highest BCUT2D eigenvalue weighted by Crippen LogP contribution is 2.36. The summed E-state index contributed by atoms with van der Waals surface area (Å²) in [6.45, 7) is -4.02. The van der Waals surface area contributed by atoms with Gasteiger partial charge in [-0.1, -0.05) is 0 Å². The van der Waals surface area contributed by atoms with Crippen LogP contribution >= 0.6 is 0 Å². The number of aliphatic hydroxyl groups excluding tert-OH is 14. The predicted octanol–water partition coefficient (Wildman–Crippen LogP) is -13.0. The molecular formula is C24H50O25. The van der Waals surface area contributed by atoms with Crippen LogP contribution in [0.1, 0.15) is 0 Å². The molecule has 0 radical (unpaired) electrons. The van der Waals surface area contributed by atoms with Gasteiger partial charge in [-0.2, -0.15) is 0 Å². The van der Waals surface area contributed by atoms with Gasteiger partial charge in [-0.3, -0.25) is 0 Å². The summed E-state index contributed by atoms with van der Waals surface area (Å²) in [5.41, 5.74) is 0. The average molecular weight is 739 g/mol. The molecule has 0 amide bonds. The first-order valence-corrected chi connectivity index (χ1v) is 14.1. The zero-order chi connectivity index (χ0) is 33.4. The molecule has 0 saturated carbocycles. The highest BCUT2D eigenvalue weighted by atomic mass is 16.8. The lowest BCUT2D eigenvalue weighted by molar-refractivity contribution is -0.388. The summed E-state index contributed by atoms with van der Waals surface area (Å²) in [5.74, 6) is -2.43. The van der Waals surface area contributed by atoms with Crippen LogP contribution in [-0.2, 0) is 33.2 Å². The normalized spacial score (nSPS) is 48.4. The molecule has 19 unspecified atom stereocenters. The van der Waals surface area contributed by atoms with Gasteiger partial charge in [-0.25, -0.2) is 0 Å². The second-order valence-corrected chi connectivity index (χ2v) is 11.3. The molecule has 4 aliphatic heterocycles. The minimum Gasteiger partial charge on any atom is -0.412 e. The van der Waals surface area contributed by atoms with Crippen LogP contribution in [0.25, 0.3) is 0 Å². The van der Waals surface area contributed by atoms with E-state index in [9.17, 15) is 71.5 Å². The Balaban J connectivity index is 0.00000576. The summed E-state index contributed by atoms with van der Waals surface area (Å²) in [4.78, 5) is 0. The summed E-state index contributed by atoms with van der Waals surface area (Å²) in [7, 11) is 0. The zero-order valence-corrected chi connectivity index (χ0v) is 25.5. The van der Waals surface area contributed by atoms with E-state index in [1.807, 2.05) is 0 Å². The number of ether oxygens (including phenoxy) is 7. The van der Waals surface area contributed by atoms with Gasteiger partial charge in [0.15, 0.2) is 18.9 Å². The lowest BCUT2D eigenvalue weighted by Gasteiger charge is -2.45. The summed E-state index contributed by atoms with van der Waals surface area (Å²) < 4.78 is 37.6. The van der Waals surface area contributed by atoms with Gasteiger partial charge in [-0.05, 0) is 0 Å². The standard InChI is InChI=1S/C24H42O21.4H2O/c25-1-6-10(28)14(32)17(35)21(41-6)39-3-8-11(29)15(33)18(36)22(42-8)40-4-9-12(30)16(34)19(37)23(43-9)45-24(5-27)20(38)13(31)7(2-26)44-24;;;;/h6-23,25-38H,1-5H2;4*1H2. The maximum Gasteiger partial charge on any atom is 0.224 e. The van der Waals surface area contributed by atoms with Crippen molar-refractivity contribution in [3.8, 4) is 0 Å². The second kappa shape index (κ2) is 19.7. The molecule has 0 bridgehead atoms. The second-order valence-electron chi connectivity index (χ2n) is 11.3. The van der Waals surface area contributed by atoms with E-state index >= 15 is 0 Å². The molecule has 4 aliphatic rings. The number of hydrogen-bond acceptors (Lipinski definition) is 21. The molecule has 4 rings (SSSR count). The van der Waals surface area contributed by atoms with Gasteiger partial charge >= 0.3 is 0 Å². The zero-order valence-electron chi connectivity index (χ0n) is 25.5. The van der Waals surface area contributed by atoms with Crippen LogP contribution in [0.4, 0.5) is 0 Å². The third kappa shape index (κ3) is 9.52. The third-order valence-corrected chi connectivity index (χ3v) is 8.26. The average Bonchev–Trinajstić information content (AvgIpc) is 3.28. The highest BCUT2D eigenvalue weighted by Gasteiger charge is 2.58. The van der Waals surface area contributed by atoms with Crippen molar-refractivity contribution >= 4 is 0 Å². The molecule has 25 nitrogen and oxygen atoms in total. The quantitative estimate of drug-likeness (QED) is 0.0935. The largest absolute Gasteiger partial charge is 0.412 e. The van der Waals surface area contributed by atoms with Crippen molar-refractivity contribution in [1.29, 1.82) is 0 Å². The van der Waals surface area contributed by atoms with Crippen LogP contribution in [0.2, 0.25) is 0 Å². The van der Waals surface area contributed by atoms with Crippen molar-refractivity contribution in [2.24, 2.45) is 0 Å². The maximum atomic E-state index is 10.5. The van der Waals surface area contributed by atoms with Crippen LogP contribution in [-0.4, -0.2) is 243 Å². The number of aliphatic hydroxyl groups is 14. The summed E-state index contributed by atoms with van der Waals surface area (Å²) in [6.07, 6.45) is -31.4. The van der Waals surface area contributed by atoms with Crippen LogP contribution in [0.15, 0.2) is 0 Å². The highest BCUT2D eigenvalue weighted by molar-refractivity contribution is 4.99. The van der Waals surface area contributed by atoms with Gasteiger partial charge in [0.25, 0.3) is 0 Å². The van der Waals surface area contributed by atoms with Crippen molar-refractivity contribution in [2.75, 3.05) is 33.0 Å². The molecule has 4 saturated heterocycles. The van der Waals surface area contributed by atoms with Gasteiger partial charge in [0.1, 0.15) is 98.2 Å². The molecule has 49 heavy (non-hydrogen) atoms. The first kappa shape index (κ1) is 48.0. The molecule has 4 heterocycles. The van der Waals surface area contributed by atoms with Crippen molar-refractivity contribution in [3.63, 3.8) is 0 Å². The molecule has 296 valence electrons. The molecular weight excluding hydrogens is 688 g/mol. The van der Waals surface area contributed by atoms with E-state index in [0.29, 0.717) is 0 Å². The van der Waals surface area contributed by atoms with Crippen LogP contribution < -0.4 is 0 Å². The van der Waals surface area contributed by atoms with Gasteiger partial charge in [-0.15, -0.1) is 0 Å². The van der Waals surface area contributed by atoms with E-state index in [0.717, 1.165) is 0 Å². The molecule has 19 atom stereocenters. The molecule has 0 aromatic carbocycles. The Labute approximate surface area is 276 Å². The Kier molecular flexibility index (Phi) is 19.3. The van der Waals surface area contributed by atoms with E-state index in [1.165, 1.54) is 0 Å². The van der Waals surface area contributed by atoms with E-state index in [1.54, 1.807) is 0 Å². The van der Waals surface area contributed by atoms with Gasteiger partial charge in [0.05, 0.1) is 26.4 Å². The molecule has 0 aromatic rings. The van der Waals surface area contributed by atoms with Crippen LogP contribution in [0.3, 0.4) is 0 Å². The molecule has 0 spiro atoms. The van der Waals surface area contributed by atoms with Crippen molar-refractivity contribution < 1.29 is 127 Å². The Hall–Kier alpha value is -1.00. The molecule has 22 N–H and O–H groups in total. The monoisotopic (exact) mass is 738 g/mol. The van der Waals surface area contributed by atoms with Crippen LogP contribution in [0.5, 0.6) is 0 Å². The fraction of sp³-hybridized carbons (Fsp3) is 1.00. The summed E-state index contributed by atoms with van der Waals surface area (Å²) >= 11 is 0. The SMILES string of the molecule is O.O.O.O.OCC1OC(OCC2OC(OCC3OC(OC4(CO)OC(CO)C(O)C4O)C(O)C(O)C3O)C(O)C(O)C2O)C(O)C(O)C1O. The van der Waals surface area contributed by atoms with Crippen molar-refractivity contribution in [2.45, 2.75) is 116 Å². The van der Waals surface area contributed by atoms with E-state index < -0.39 is 149 Å². The van der Waals surface area contributed by atoms with Crippen molar-refractivity contribution in [1.82, 2.24) is 0 Å². The fourth-order valence-corrected chi connectivity index (χ4v) is 5.39. The van der Waals surface area contributed by atoms with E-state index in [4.69, 9.17) is 33.2 Å². The van der Waals surface area contributed by atoms with Crippen molar-refractivity contribution in [3.05, 3.63) is 0 Å². The molecule has 0 aliphatic carbocycles. The van der Waals surface area contributed by atoms with E-state index in [-0.39, 0.29) is 21.9 Å². The lowest BCUT2D eigenvalue weighted by Crippen LogP contribution is -2.64. The third-order valence-electron chi connectivity index (χ3n) is 8.26. The molecule has 25 heteroatoms. The maximum absolute atomic E-state index is 10.5. The Morgan fingerprint density at radius 2 is 0.796 bits per heavy atom. The summed E-state index contributed by atoms with van der Waals surface area (Å²) in [5, 5.41) is 141.